The molecule has 0 aliphatic carbocycles. The van der Waals surface area contributed by atoms with Gasteiger partial charge < -0.3 is 14.3 Å². The average Bonchev–Trinajstić information content (AvgIpc) is 2.93. The van der Waals surface area contributed by atoms with Crippen molar-refractivity contribution >= 4 is 11.9 Å². The molecule has 0 bridgehead atoms. The van der Waals surface area contributed by atoms with E-state index < -0.39 is 6.03 Å². The number of rotatable bonds is 4. The van der Waals surface area contributed by atoms with Crippen molar-refractivity contribution in [1.29, 1.82) is 0 Å². The molecule has 8 nitrogen and oxygen atoms in total. The molecule has 1 saturated heterocycles. The molecule has 3 heterocycles. The molecule has 120 valence electrons. The van der Waals surface area contributed by atoms with Crippen LogP contribution in [0.15, 0.2) is 33.7 Å². The summed E-state index contributed by atoms with van der Waals surface area (Å²) in [7, 11) is 0. The number of aromatic nitrogens is 2. The Morgan fingerprint density at radius 2 is 2.13 bits per heavy atom. The molecule has 2 aromatic rings. The van der Waals surface area contributed by atoms with E-state index in [2.05, 4.69) is 9.97 Å². The number of oxazole rings is 1. The van der Waals surface area contributed by atoms with Crippen molar-refractivity contribution in [1.82, 2.24) is 19.8 Å². The lowest BCUT2D eigenvalue weighted by atomic mass is 10.2. The van der Waals surface area contributed by atoms with E-state index in [9.17, 15) is 14.4 Å². The van der Waals surface area contributed by atoms with E-state index in [1.807, 2.05) is 0 Å². The van der Waals surface area contributed by atoms with Gasteiger partial charge >= 0.3 is 6.03 Å². The van der Waals surface area contributed by atoms with Crippen molar-refractivity contribution in [3.63, 3.8) is 0 Å². The summed E-state index contributed by atoms with van der Waals surface area (Å²) in [5.41, 5.74) is 0.0580. The van der Waals surface area contributed by atoms with Crippen molar-refractivity contribution in [2.75, 3.05) is 6.54 Å². The van der Waals surface area contributed by atoms with Crippen LogP contribution in [0.2, 0.25) is 0 Å². The molecular weight excluding hydrogens is 300 g/mol. The van der Waals surface area contributed by atoms with Gasteiger partial charge in [0.2, 0.25) is 5.91 Å². The van der Waals surface area contributed by atoms with Gasteiger partial charge in [-0.05, 0) is 6.07 Å². The maximum absolute atomic E-state index is 12.5. The zero-order valence-electron chi connectivity index (χ0n) is 12.6. The lowest BCUT2D eigenvalue weighted by molar-refractivity contribution is -0.131. The van der Waals surface area contributed by atoms with E-state index in [4.69, 9.17) is 4.42 Å². The molecule has 0 saturated carbocycles. The zero-order valence-corrected chi connectivity index (χ0v) is 12.6. The van der Waals surface area contributed by atoms with Crippen molar-refractivity contribution in [3.8, 4) is 0 Å². The normalized spacial score (nSPS) is 15.3. The SMILES string of the molecule is Cc1ncc(CN2CCC(=O)N(Cc3ccc[nH]c3=O)C2=O)o1. The molecule has 0 radical (unpaired) electrons. The fourth-order valence-corrected chi connectivity index (χ4v) is 2.46. The molecule has 8 heteroatoms. The van der Waals surface area contributed by atoms with Gasteiger partial charge in [-0.1, -0.05) is 6.07 Å². The number of imide groups is 1. The van der Waals surface area contributed by atoms with Crippen molar-refractivity contribution in [2.45, 2.75) is 26.4 Å². The topological polar surface area (TPSA) is 99.5 Å². The number of hydrogen-bond acceptors (Lipinski definition) is 5. The monoisotopic (exact) mass is 316 g/mol. The molecule has 1 fully saturated rings. The fraction of sp³-hybridized carbons (Fsp3) is 0.333. The molecule has 3 rings (SSSR count). The van der Waals surface area contributed by atoms with Gasteiger partial charge in [0.05, 0.1) is 19.3 Å². The number of carbonyl (C=O) groups is 2. The third-order valence-electron chi connectivity index (χ3n) is 3.64. The summed E-state index contributed by atoms with van der Waals surface area (Å²) in [5.74, 6) is 0.791. The van der Waals surface area contributed by atoms with Gasteiger partial charge in [0.25, 0.3) is 5.56 Å². The van der Waals surface area contributed by atoms with E-state index in [1.54, 1.807) is 25.3 Å². The maximum Gasteiger partial charge on any atom is 0.327 e. The van der Waals surface area contributed by atoms with Gasteiger partial charge in [-0.3, -0.25) is 14.5 Å². The van der Waals surface area contributed by atoms with Crippen LogP contribution >= 0.6 is 0 Å². The first kappa shape index (κ1) is 15.0. The number of urea groups is 1. The molecule has 3 amide bonds. The summed E-state index contributed by atoms with van der Waals surface area (Å²) in [6, 6.07) is 2.82. The van der Waals surface area contributed by atoms with Crippen LogP contribution in [0.3, 0.4) is 0 Å². The molecule has 1 N–H and O–H groups in total. The van der Waals surface area contributed by atoms with Gasteiger partial charge in [0, 0.05) is 31.6 Å². The third kappa shape index (κ3) is 3.15. The van der Waals surface area contributed by atoms with Crippen LogP contribution in [0.4, 0.5) is 4.79 Å². The van der Waals surface area contributed by atoms with Gasteiger partial charge in [0.15, 0.2) is 5.89 Å². The zero-order chi connectivity index (χ0) is 16.4. The molecule has 1 aliphatic rings. The van der Waals surface area contributed by atoms with Crippen LogP contribution in [-0.2, 0) is 17.9 Å². The van der Waals surface area contributed by atoms with E-state index in [-0.39, 0.29) is 31.0 Å². The Kier molecular flexibility index (Phi) is 3.96. The molecule has 0 atom stereocenters. The second-order valence-corrected chi connectivity index (χ2v) is 5.30. The van der Waals surface area contributed by atoms with Crippen LogP contribution in [0, 0.1) is 6.92 Å². The Morgan fingerprint density at radius 1 is 1.30 bits per heavy atom. The highest BCUT2D eigenvalue weighted by atomic mass is 16.4. The number of nitrogens with zero attached hydrogens (tertiary/aromatic N) is 3. The Balaban J connectivity index is 1.76. The summed E-state index contributed by atoms with van der Waals surface area (Å²) in [4.78, 5) is 45.4. The van der Waals surface area contributed by atoms with E-state index in [1.165, 1.54) is 11.1 Å². The summed E-state index contributed by atoms with van der Waals surface area (Å²) >= 11 is 0. The van der Waals surface area contributed by atoms with Gasteiger partial charge in [0.1, 0.15) is 5.76 Å². The smallest absolute Gasteiger partial charge is 0.327 e. The number of aromatic amines is 1. The van der Waals surface area contributed by atoms with Gasteiger partial charge in [-0.2, -0.15) is 0 Å². The molecule has 0 unspecified atom stereocenters. The van der Waals surface area contributed by atoms with Crippen molar-refractivity contribution < 1.29 is 14.0 Å². The second-order valence-electron chi connectivity index (χ2n) is 5.30. The number of nitrogens with one attached hydrogen (secondary N) is 1. The highest BCUT2D eigenvalue weighted by molar-refractivity contribution is 5.96. The third-order valence-corrected chi connectivity index (χ3v) is 3.64. The number of hydrogen-bond donors (Lipinski definition) is 1. The number of amides is 3. The summed E-state index contributed by atoms with van der Waals surface area (Å²) in [6.07, 6.45) is 3.28. The predicted octanol–water partition coefficient (Wildman–Crippen LogP) is 1.03. The lowest BCUT2D eigenvalue weighted by Gasteiger charge is -2.33. The lowest BCUT2D eigenvalue weighted by Crippen LogP contribution is -2.51. The maximum atomic E-state index is 12.5. The average molecular weight is 316 g/mol. The van der Waals surface area contributed by atoms with Crippen molar-refractivity contribution in [3.05, 3.63) is 52.1 Å². The largest absolute Gasteiger partial charge is 0.444 e. The second kappa shape index (κ2) is 6.07. The van der Waals surface area contributed by atoms with E-state index in [0.29, 0.717) is 23.8 Å². The van der Waals surface area contributed by atoms with Crippen LogP contribution in [0.25, 0.3) is 0 Å². The van der Waals surface area contributed by atoms with Gasteiger partial charge in [-0.15, -0.1) is 0 Å². The predicted molar refractivity (Wildman–Crippen MR) is 79.3 cm³/mol. The number of carbonyl (C=O) groups excluding carboxylic acids is 2. The van der Waals surface area contributed by atoms with Gasteiger partial charge in [-0.25, -0.2) is 9.78 Å². The first-order valence-corrected chi connectivity index (χ1v) is 7.22. The Labute approximate surface area is 131 Å². The molecular formula is C15H16N4O4. The minimum Gasteiger partial charge on any atom is -0.444 e. The Morgan fingerprint density at radius 3 is 2.83 bits per heavy atom. The summed E-state index contributed by atoms with van der Waals surface area (Å²) < 4.78 is 5.37. The summed E-state index contributed by atoms with van der Waals surface area (Å²) in [6.45, 7) is 2.24. The Bertz CT molecular complexity index is 795. The molecule has 0 aromatic carbocycles. The molecule has 1 aliphatic heterocycles. The highest BCUT2D eigenvalue weighted by Gasteiger charge is 2.32. The fourth-order valence-electron chi connectivity index (χ4n) is 2.46. The van der Waals surface area contributed by atoms with Crippen LogP contribution < -0.4 is 5.56 Å². The minimum absolute atomic E-state index is 0.0419. The minimum atomic E-state index is -0.432. The van der Waals surface area contributed by atoms with Crippen molar-refractivity contribution in [2.24, 2.45) is 0 Å². The number of pyridine rings is 1. The van der Waals surface area contributed by atoms with Crippen LogP contribution in [0.1, 0.15) is 23.6 Å². The molecule has 0 spiro atoms. The van der Waals surface area contributed by atoms with E-state index in [0.717, 1.165) is 4.90 Å². The first-order chi connectivity index (χ1) is 11.0. The Hall–Kier alpha value is -2.90. The first-order valence-electron chi connectivity index (χ1n) is 7.22. The van der Waals surface area contributed by atoms with E-state index >= 15 is 0 Å². The number of H-pyrrole nitrogens is 1. The van der Waals surface area contributed by atoms with Crippen LogP contribution in [-0.4, -0.2) is 38.3 Å². The number of aryl methyl sites for hydroxylation is 1. The quantitative estimate of drug-likeness (QED) is 0.908. The highest BCUT2D eigenvalue weighted by Crippen LogP contribution is 2.16. The molecule has 2 aromatic heterocycles. The molecule has 23 heavy (non-hydrogen) atoms. The summed E-state index contributed by atoms with van der Waals surface area (Å²) in [5, 5.41) is 0. The standard InChI is InChI=1S/C15H16N4O4/c1-10-17-7-12(23-10)9-18-6-4-13(20)19(15(18)22)8-11-3-2-5-16-14(11)21/h2-3,5,7H,4,6,8-9H2,1H3,(H,16,21). The van der Waals surface area contributed by atoms with Crippen LogP contribution in [0.5, 0.6) is 0 Å².